The standard InChI is InChI=1S/C12H24N2O/c1-5-10(8-9-6-7-9)13-11(15)14-12(2,3)4/h9-10H,5-8H2,1-4H3,(H2,13,14,15). The van der Waals surface area contributed by atoms with Crippen LogP contribution in [0.2, 0.25) is 0 Å². The second kappa shape index (κ2) is 4.86. The minimum Gasteiger partial charge on any atom is -0.335 e. The molecule has 0 radical (unpaired) electrons. The normalized spacial score (nSPS) is 18.4. The molecule has 0 aromatic carbocycles. The van der Waals surface area contributed by atoms with Crippen molar-refractivity contribution in [1.29, 1.82) is 0 Å². The second-order valence-electron chi connectivity index (χ2n) is 5.63. The summed E-state index contributed by atoms with van der Waals surface area (Å²) in [5.41, 5.74) is -0.151. The highest BCUT2D eigenvalue weighted by atomic mass is 16.2. The average Bonchev–Trinajstić information content (AvgIpc) is 2.83. The summed E-state index contributed by atoms with van der Waals surface area (Å²) in [6.07, 6.45) is 4.86. The predicted octanol–water partition coefficient (Wildman–Crippen LogP) is 2.66. The average molecular weight is 212 g/mol. The van der Waals surface area contributed by atoms with Crippen LogP contribution in [-0.4, -0.2) is 17.6 Å². The maximum absolute atomic E-state index is 11.6. The van der Waals surface area contributed by atoms with Crippen LogP contribution in [0.3, 0.4) is 0 Å². The maximum Gasteiger partial charge on any atom is 0.315 e. The molecular formula is C12H24N2O. The Hall–Kier alpha value is -0.730. The number of amides is 2. The lowest BCUT2D eigenvalue weighted by atomic mass is 10.1. The van der Waals surface area contributed by atoms with E-state index < -0.39 is 0 Å². The summed E-state index contributed by atoms with van der Waals surface area (Å²) in [4.78, 5) is 11.6. The summed E-state index contributed by atoms with van der Waals surface area (Å²) < 4.78 is 0. The Morgan fingerprint density at radius 2 is 2.00 bits per heavy atom. The SMILES string of the molecule is CCC(CC1CC1)NC(=O)NC(C)(C)C. The lowest BCUT2D eigenvalue weighted by Gasteiger charge is -2.24. The first-order valence-corrected chi connectivity index (χ1v) is 5.99. The molecule has 0 aromatic rings. The van der Waals surface area contributed by atoms with E-state index in [-0.39, 0.29) is 11.6 Å². The molecule has 1 atom stereocenters. The maximum atomic E-state index is 11.6. The minimum atomic E-state index is -0.151. The van der Waals surface area contributed by atoms with Crippen LogP contribution in [0.15, 0.2) is 0 Å². The van der Waals surface area contributed by atoms with Gasteiger partial charge < -0.3 is 10.6 Å². The summed E-state index contributed by atoms with van der Waals surface area (Å²) in [6, 6.07) is 0.315. The molecule has 1 unspecified atom stereocenters. The van der Waals surface area contributed by atoms with E-state index in [9.17, 15) is 4.79 Å². The fraction of sp³-hybridized carbons (Fsp3) is 0.917. The third kappa shape index (κ3) is 5.65. The van der Waals surface area contributed by atoms with E-state index in [4.69, 9.17) is 0 Å². The van der Waals surface area contributed by atoms with Crippen LogP contribution >= 0.6 is 0 Å². The van der Waals surface area contributed by atoms with Crippen LogP contribution in [0.1, 0.15) is 53.4 Å². The second-order valence-corrected chi connectivity index (χ2v) is 5.63. The Morgan fingerprint density at radius 3 is 2.40 bits per heavy atom. The van der Waals surface area contributed by atoms with Crippen molar-refractivity contribution in [3.8, 4) is 0 Å². The van der Waals surface area contributed by atoms with Gasteiger partial charge in [-0.3, -0.25) is 0 Å². The van der Waals surface area contributed by atoms with E-state index >= 15 is 0 Å². The van der Waals surface area contributed by atoms with Gasteiger partial charge in [0, 0.05) is 11.6 Å². The monoisotopic (exact) mass is 212 g/mol. The molecule has 0 aromatic heterocycles. The van der Waals surface area contributed by atoms with E-state index in [1.54, 1.807) is 0 Å². The largest absolute Gasteiger partial charge is 0.335 e. The van der Waals surface area contributed by atoms with E-state index in [1.165, 1.54) is 12.8 Å². The smallest absolute Gasteiger partial charge is 0.315 e. The first-order valence-electron chi connectivity index (χ1n) is 5.99. The van der Waals surface area contributed by atoms with Crippen molar-refractivity contribution in [1.82, 2.24) is 10.6 Å². The van der Waals surface area contributed by atoms with Crippen molar-refractivity contribution >= 4 is 6.03 Å². The van der Waals surface area contributed by atoms with Gasteiger partial charge in [0.15, 0.2) is 0 Å². The van der Waals surface area contributed by atoms with Crippen molar-refractivity contribution in [3.63, 3.8) is 0 Å². The number of nitrogens with one attached hydrogen (secondary N) is 2. The van der Waals surface area contributed by atoms with Crippen LogP contribution in [0.4, 0.5) is 4.79 Å². The third-order valence-corrected chi connectivity index (χ3v) is 2.63. The first-order chi connectivity index (χ1) is 6.90. The Morgan fingerprint density at radius 1 is 1.40 bits per heavy atom. The van der Waals surface area contributed by atoms with Gasteiger partial charge in [-0.1, -0.05) is 19.8 Å². The number of urea groups is 1. The summed E-state index contributed by atoms with van der Waals surface area (Å²) in [7, 11) is 0. The van der Waals surface area contributed by atoms with Crippen molar-refractivity contribution in [2.45, 2.75) is 65.0 Å². The van der Waals surface area contributed by atoms with Gasteiger partial charge in [0.05, 0.1) is 0 Å². The highest BCUT2D eigenvalue weighted by molar-refractivity contribution is 5.74. The van der Waals surface area contributed by atoms with E-state index in [0.717, 1.165) is 18.8 Å². The lowest BCUT2D eigenvalue weighted by Crippen LogP contribution is -2.49. The van der Waals surface area contributed by atoms with Gasteiger partial charge in [0.1, 0.15) is 0 Å². The van der Waals surface area contributed by atoms with Crippen molar-refractivity contribution in [2.75, 3.05) is 0 Å². The molecule has 0 spiro atoms. The Balaban J connectivity index is 2.27. The van der Waals surface area contributed by atoms with Gasteiger partial charge in [-0.25, -0.2) is 4.79 Å². The molecule has 0 bridgehead atoms. The van der Waals surface area contributed by atoms with Crippen LogP contribution in [-0.2, 0) is 0 Å². The summed E-state index contributed by atoms with van der Waals surface area (Å²) in [5, 5.41) is 5.97. The summed E-state index contributed by atoms with van der Waals surface area (Å²) in [6.45, 7) is 8.11. The van der Waals surface area contributed by atoms with Crippen molar-refractivity contribution < 1.29 is 4.79 Å². The number of hydrogen-bond donors (Lipinski definition) is 2. The first kappa shape index (κ1) is 12.3. The number of hydrogen-bond acceptors (Lipinski definition) is 1. The number of rotatable bonds is 4. The fourth-order valence-electron chi connectivity index (χ4n) is 1.65. The zero-order valence-corrected chi connectivity index (χ0v) is 10.4. The van der Waals surface area contributed by atoms with Crippen LogP contribution in [0, 0.1) is 5.92 Å². The zero-order valence-electron chi connectivity index (χ0n) is 10.4. The van der Waals surface area contributed by atoms with Gasteiger partial charge in [-0.15, -0.1) is 0 Å². The fourth-order valence-corrected chi connectivity index (χ4v) is 1.65. The Kier molecular flexibility index (Phi) is 4.00. The van der Waals surface area contributed by atoms with Crippen molar-refractivity contribution in [3.05, 3.63) is 0 Å². The molecule has 2 N–H and O–H groups in total. The van der Waals surface area contributed by atoms with Gasteiger partial charge in [0.2, 0.25) is 0 Å². The predicted molar refractivity (Wildman–Crippen MR) is 62.8 cm³/mol. The van der Waals surface area contributed by atoms with Crippen molar-refractivity contribution in [2.24, 2.45) is 5.92 Å². The highest BCUT2D eigenvalue weighted by Crippen LogP contribution is 2.33. The van der Waals surface area contributed by atoms with E-state index in [2.05, 4.69) is 17.6 Å². The Bertz CT molecular complexity index is 216. The molecule has 1 fully saturated rings. The molecule has 1 aliphatic rings. The molecule has 3 heteroatoms. The molecule has 15 heavy (non-hydrogen) atoms. The number of carbonyl (C=O) groups excluding carboxylic acids is 1. The molecule has 1 saturated carbocycles. The van der Waals surface area contributed by atoms with Crippen LogP contribution < -0.4 is 10.6 Å². The zero-order chi connectivity index (χ0) is 11.5. The molecule has 0 heterocycles. The highest BCUT2D eigenvalue weighted by Gasteiger charge is 2.26. The van der Waals surface area contributed by atoms with E-state index in [1.807, 2.05) is 20.8 Å². The molecule has 0 saturated heterocycles. The third-order valence-electron chi connectivity index (χ3n) is 2.63. The Labute approximate surface area is 93.0 Å². The molecule has 3 nitrogen and oxygen atoms in total. The summed E-state index contributed by atoms with van der Waals surface area (Å²) in [5.74, 6) is 0.866. The molecule has 88 valence electrons. The van der Waals surface area contributed by atoms with Gasteiger partial charge in [0.25, 0.3) is 0 Å². The quantitative estimate of drug-likeness (QED) is 0.739. The van der Waals surface area contributed by atoms with E-state index in [0.29, 0.717) is 6.04 Å². The number of carbonyl (C=O) groups is 1. The lowest BCUT2D eigenvalue weighted by molar-refractivity contribution is 0.226. The molecule has 0 aliphatic heterocycles. The van der Waals surface area contributed by atoms with Gasteiger partial charge in [-0.05, 0) is 39.5 Å². The molecule has 1 aliphatic carbocycles. The molecule has 2 amide bonds. The molecular weight excluding hydrogens is 188 g/mol. The van der Waals surface area contributed by atoms with Gasteiger partial charge >= 0.3 is 6.03 Å². The molecule has 1 rings (SSSR count). The van der Waals surface area contributed by atoms with Crippen LogP contribution in [0.5, 0.6) is 0 Å². The topological polar surface area (TPSA) is 41.1 Å². The minimum absolute atomic E-state index is 0.0324. The van der Waals surface area contributed by atoms with Gasteiger partial charge in [-0.2, -0.15) is 0 Å². The van der Waals surface area contributed by atoms with Crippen LogP contribution in [0.25, 0.3) is 0 Å². The summed E-state index contributed by atoms with van der Waals surface area (Å²) >= 11 is 0.